The lowest BCUT2D eigenvalue weighted by atomic mass is 9.94. The number of hydrogen-bond donors (Lipinski definition) is 2. The summed E-state index contributed by atoms with van der Waals surface area (Å²) in [5.74, 6) is -2.54. The maximum absolute atomic E-state index is 13.2. The van der Waals surface area contributed by atoms with Crippen LogP contribution in [-0.4, -0.2) is 44.7 Å². The first kappa shape index (κ1) is 23.3. The van der Waals surface area contributed by atoms with Gasteiger partial charge in [0.25, 0.3) is 11.7 Å². The number of aliphatic hydroxyl groups excluding tert-OH is 1. The summed E-state index contributed by atoms with van der Waals surface area (Å²) in [5, 5.41) is 11.9. The molecule has 9 heteroatoms. The molecule has 1 aromatic carbocycles. The highest BCUT2D eigenvalue weighted by Gasteiger charge is 2.46. The van der Waals surface area contributed by atoms with Crippen LogP contribution in [0.4, 0.5) is 0 Å². The van der Waals surface area contributed by atoms with Crippen LogP contribution in [0.3, 0.4) is 0 Å². The average molecular weight is 480 g/mol. The summed E-state index contributed by atoms with van der Waals surface area (Å²) < 4.78 is 4.80. The molecule has 3 heterocycles. The number of H-pyrrole nitrogens is 1. The zero-order valence-corrected chi connectivity index (χ0v) is 19.5. The molecule has 1 amide bonds. The number of benzene rings is 1. The van der Waals surface area contributed by atoms with E-state index in [0.29, 0.717) is 21.8 Å². The number of carbonyl (C=O) groups is 3. The fourth-order valence-electron chi connectivity index (χ4n) is 4.27. The van der Waals surface area contributed by atoms with Gasteiger partial charge in [-0.1, -0.05) is 29.8 Å². The second-order valence-corrected chi connectivity index (χ2v) is 8.39. The Labute approximate surface area is 200 Å². The zero-order chi connectivity index (χ0) is 24.6. The van der Waals surface area contributed by atoms with Gasteiger partial charge in [-0.25, -0.2) is 4.79 Å². The molecule has 0 radical (unpaired) electrons. The lowest BCUT2D eigenvalue weighted by Crippen LogP contribution is -2.29. The van der Waals surface area contributed by atoms with Gasteiger partial charge >= 0.3 is 5.97 Å². The first-order valence-corrected chi connectivity index (χ1v) is 10.8. The minimum Gasteiger partial charge on any atom is -0.507 e. The number of aromatic amines is 1. The van der Waals surface area contributed by atoms with Crippen LogP contribution >= 0.6 is 11.6 Å². The number of hydrogen-bond acceptors (Lipinski definition) is 6. The standard InChI is InChI=1S/C25H22ClN3O5/c1-13-18(14(2)28-20(13)25(33)34-3)22(30)19-21(16-6-8-17(26)9-7-16)29(24(32)23(19)31)12-15-5-4-10-27-11-15/h4-11,21,28,30H,12H2,1-3H3/b22-19+/t21-/m1/s1. The topological polar surface area (TPSA) is 113 Å². The van der Waals surface area contributed by atoms with Crippen LogP contribution in [-0.2, 0) is 20.9 Å². The molecule has 1 fully saturated rings. The van der Waals surface area contributed by atoms with Crippen molar-refractivity contribution in [3.05, 3.63) is 93.0 Å². The van der Waals surface area contributed by atoms with Crippen LogP contribution in [0.25, 0.3) is 5.76 Å². The van der Waals surface area contributed by atoms with Crippen molar-refractivity contribution in [2.24, 2.45) is 0 Å². The first-order chi connectivity index (χ1) is 16.2. The molecule has 8 nitrogen and oxygen atoms in total. The molecule has 34 heavy (non-hydrogen) atoms. The molecule has 0 saturated carbocycles. The molecular formula is C25H22ClN3O5. The van der Waals surface area contributed by atoms with E-state index in [9.17, 15) is 19.5 Å². The molecular weight excluding hydrogens is 458 g/mol. The number of nitrogens with one attached hydrogen (secondary N) is 1. The summed E-state index contributed by atoms with van der Waals surface area (Å²) in [6.07, 6.45) is 3.23. The van der Waals surface area contributed by atoms with Crippen molar-refractivity contribution in [1.29, 1.82) is 0 Å². The third kappa shape index (κ3) is 3.97. The Kier molecular flexibility index (Phi) is 6.26. The van der Waals surface area contributed by atoms with Crippen LogP contribution < -0.4 is 0 Å². The minimum atomic E-state index is -0.868. The van der Waals surface area contributed by atoms with E-state index in [1.165, 1.54) is 12.0 Å². The van der Waals surface area contributed by atoms with Crippen LogP contribution in [0.1, 0.15) is 44.5 Å². The number of ketones is 1. The molecule has 0 aliphatic carbocycles. The Morgan fingerprint density at radius 3 is 2.53 bits per heavy atom. The minimum absolute atomic E-state index is 0.0715. The highest BCUT2D eigenvalue weighted by Crippen LogP contribution is 2.41. The van der Waals surface area contributed by atoms with Crippen molar-refractivity contribution < 1.29 is 24.2 Å². The largest absolute Gasteiger partial charge is 0.507 e. The van der Waals surface area contributed by atoms with Gasteiger partial charge in [-0.15, -0.1) is 0 Å². The monoisotopic (exact) mass is 479 g/mol. The Bertz CT molecular complexity index is 1310. The number of aromatic nitrogens is 2. The number of amides is 1. The molecule has 0 bridgehead atoms. The smallest absolute Gasteiger partial charge is 0.354 e. The van der Waals surface area contributed by atoms with E-state index in [-0.39, 0.29) is 29.1 Å². The van der Waals surface area contributed by atoms with Gasteiger partial charge < -0.3 is 19.7 Å². The lowest BCUT2D eigenvalue weighted by molar-refractivity contribution is -0.140. The van der Waals surface area contributed by atoms with Gasteiger partial charge in [-0.3, -0.25) is 14.6 Å². The van der Waals surface area contributed by atoms with Gasteiger partial charge in [0.05, 0.1) is 18.7 Å². The number of nitrogens with zero attached hydrogens (tertiary/aromatic N) is 2. The van der Waals surface area contributed by atoms with Crippen molar-refractivity contribution >= 4 is 35.0 Å². The number of aryl methyl sites for hydroxylation is 1. The predicted octanol–water partition coefficient (Wildman–Crippen LogP) is 4.09. The normalized spacial score (nSPS) is 17.3. The predicted molar refractivity (Wildman–Crippen MR) is 125 cm³/mol. The summed E-state index contributed by atoms with van der Waals surface area (Å²) >= 11 is 6.06. The van der Waals surface area contributed by atoms with Crippen LogP contribution in [0, 0.1) is 13.8 Å². The Hall–Kier alpha value is -3.91. The highest BCUT2D eigenvalue weighted by atomic mass is 35.5. The molecule has 1 atom stereocenters. The molecule has 0 unspecified atom stereocenters. The summed E-state index contributed by atoms with van der Waals surface area (Å²) in [7, 11) is 1.25. The number of aliphatic hydroxyl groups is 1. The van der Waals surface area contributed by atoms with Crippen molar-refractivity contribution in [2.45, 2.75) is 26.4 Å². The fraction of sp³-hybridized carbons (Fsp3) is 0.200. The van der Waals surface area contributed by atoms with E-state index in [0.717, 1.165) is 5.56 Å². The van der Waals surface area contributed by atoms with Crippen molar-refractivity contribution in [3.63, 3.8) is 0 Å². The zero-order valence-electron chi connectivity index (χ0n) is 18.8. The Balaban J connectivity index is 1.91. The second-order valence-electron chi connectivity index (χ2n) is 7.96. The highest BCUT2D eigenvalue weighted by molar-refractivity contribution is 6.46. The number of likely N-dealkylation sites (tertiary alicyclic amines) is 1. The molecule has 2 N–H and O–H groups in total. The van der Waals surface area contributed by atoms with Gasteiger partial charge in [0.1, 0.15) is 11.5 Å². The van der Waals surface area contributed by atoms with E-state index in [2.05, 4.69) is 9.97 Å². The second kappa shape index (κ2) is 9.15. The maximum Gasteiger partial charge on any atom is 0.354 e. The van der Waals surface area contributed by atoms with Gasteiger partial charge in [-0.05, 0) is 48.7 Å². The fourth-order valence-corrected chi connectivity index (χ4v) is 4.40. The van der Waals surface area contributed by atoms with Crippen molar-refractivity contribution in [3.8, 4) is 0 Å². The van der Waals surface area contributed by atoms with E-state index in [1.807, 2.05) is 0 Å². The van der Waals surface area contributed by atoms with Crippen LogP contribution in [0.15, 0.2) is 54.4 Å². The number of methoxy groups -OCH3 is 1. The van der Waals surface area contributed by atoms with Gasteiger partial charge in [0.2, 0.25) is 0 Å². The van der Waals surface area contributed by atoms with E-state index in [4.69, 9.17) is 16.3 Å². The third-order valence-corrected chi connectivity index (χ3v) is 6.12. The summed E-state index contributed by atoms with van der Waals surface area (Å²) in [6.45, 7) is 3.41. The summed E-state index contributed by atoms with van der Waals surface area (Å²) in [5.41, 5.74) is 2.57. The van der Waals surface area contributed by atoms with Gasteiger partial charge in [0, 0.05) is 35.2 Å². The number of carbonyl (C=O) groups excluding carboxylic acids is 3. The molecule has 3 aromatic rings. The number of rotatable bonds is 5. The number of Topliss-reactive ketones (excluding diaryl/α,β-unsaturated/α-hetero) is 1. The summed E-state index contributed by atoms with van der Waals surface area (Å²) in [6, 6.07) is 9.40. The van der Waals surface area contributed by atoms with Crippen LogP contribution in [0.5, 0.6) is 0 Å². The van der Waals surface area contributed by atoms with E-state index >= 15 is 0 Å². The quantitative estimate of drug-likeness (QED) is 0.247. The van der Waals surface area contributed by atoms with E-state index in [1.54, 1.807) is 62.6 Å². The molecule has 1 aliphatic heterocycles. The maximum atomic E-state index is 13.2. The molecule has 0 spiro atoms. The number of pyridine rings is 1. The van der Waals surface area contributed by atoms with Crippen molar-refractivity contribution in [2.75, 3.05) is 7.11 Å². The lowest BCUT2D eigenvalue weighted by Gasteiger charge is -2.25. The number of esters is 1. The average Bonchev–Trinajstić information content (AvgIpc) is 3.27. The Morgan fingerprint density at radius 2 is 1.91 bits per heavy atom. The molecule has 174 valence electrons. The third-order valence-electron chi connectivity index (χ3n) is 5.87. The van der Waals surface area contributed by atoms with Gasteiger partial charge in [0.15, 0.2) is 0 Å². The van der Waals surface area contributed by atoms with E-state index < -0.39 is 23.7 Å². The van der Waals surface area contributed by atoms with Crippen LogP contribution in [0.2, 0.25) is 5.02 Å². The molecule has 4 rings (SSSR count). The molecule has 1 saturated heterocycles. The first-order valence-electron chi connectivity index (χ1n) is 10.4. The Morgan fingerprint density at radius 1 is 1.21 bits per heavy atom. The summed E-state index contributed by atoms with van der Waals surface area (Å²) in [4.78, 5) is 46.9. The molecule has 1 aliphatic rings. The molecule has 2 aromatic heterocycles. The number of ether oxygens (including phenoxy) is 1. The SMILES string of the molecule is COC(=O)c1[nH]c(C)c(/C(O)=C2\C(=O)C(=O)N(Cc3cccnc3)[C@@H]2c2ccc(Cl)cc2)c1C. The van der Waals surface area contributed by atoms with Crippen molar-refractivity contribution in [1.82, 2.24) is 14.9 Å². The number of halogens is 1. The van der Waals surface area contributed by atoms with Gasteiger partial charge in [-0.2, -0.15) is 0 Å².